The Morgan fingerprint density at radius 1 is 1.06 bits per heavy atom. The number of carbonyl (C=O) groups is 1. The highest BCUT2D eigenvalue weighted by Crippen LogP contribution is 2.18. The Morgan fingerprint density at radius 2 is 1.73 bits per heavy atom. The lowest BCUT2D eigenvalue weighted by atomic mass is 9.98. The Morgan fingerprint density at radius 3 is 2.36 bits per heavy atom. The zero-order chi connectivity index (χ0) is 24.1. The van der Waals surface area contributed by atoms with Gasteiger partial charge in [-0.15, -0.1) is 0 Å². The van der Waals surface area contributed by atoms with Crippen LogP contribution in [-0.2, 0) is 24.8 Å². The maximum absolute atomic E-state index is 12.6. The number of sulfonamides is 2. The molecule has 1 atom stereocenters. The van der Waals surface area contributed by atoms with Gasteiger partial charge in [0.25, 0.3) is 0 Å². The van der Waals surface area contributed by atoms with Crippen molar-refractivity contribution in [2.75, 3.05) is 30.6 Å². The molecule has 1 saturated heterocycles. The lowest BCUT2D eigenvalue weighted by Crippen LogP contribution is -2.43. The molecule has 3 rings (SSSR count). The highest BCUT2D eigenvalue weighted by molar-refractivity contribution is 7.92. The lowest BCUT2D eigenvalue weighted by Gasteiger charge is -2.32. The maximum atomic E-state index is 12.6. The van der Waals surface area contributed by atoms with Crippen LogP contribution in [0, 0.1) is 12.8 Å². The number of likely N-dealkylation sites (tertiary alicyclic amines) is 1. The molecule has 2 N–H and O–H groups in total. The van der Waals surface area contributed by atoms with E-state index in [0.717, 1.165) is 30.2 Å². The maximum Gasteiger partial charge on any atom is 0.246 e. The molecule has 178 valence electrons. The first-order chi connectivity index (χ1) is 15.5. The minimum atomic E-state index is -3.59. The van der Waals surface area contributed by atoms with Gasteiger partial charge >= 0.3 is 0 Å². The Kier molecular flexibility index (Phi) is 7.93. The van der Waals surface area contributed by atoms with Gasteiger partial charge in [0, 0.05) is 31.4 Å². The van der Waals surface area contributed by atoms with Gasteiger partial charge in [-0.05, 0) is 61.6 Å². The first-order valence-corrected chi connectivity index (χ1v) is 14.0. The fraction of sp³-hybridized carbons (Fsp3) is 0.348. The predicted octanol–water partition coefficient (Wildman–Crippen LogP) is 2.60. The topological polar surface area (TPSA) is 113 Å². The lowest BCUT2D eigenvalue weighted by molar-refractivity contribution is -0.127. The first-order valence-electron chi connectivity index (χ1n) is 10.6. The van der Waals surface area contributed by atoms with Gasteiger partial charge in [-0.1, -0.05) is 29.8 Å². The van der Waals surface area contributed by atoms with Crippen molar-refractivity contribution in [3.05, 3.63) is 65.7 Å². The summed E-state index contributed by atoms with van der Waals surface area (Å²) in [7, 11) is -6.92. The summed E-state index contributed by atoms with van der Waals surface area (Å²) < 4.78 is 52.7. The van der Waals surface area contributed by atoms with Crippen molar-refractivity contribution in [3.8, 4) is 0 Å². The minimum Gasteiger partial charge on any atom is -0.339 e. The van der Waals surface area contributed by atoms with Gasteiger partial charge in [0.15, 0.2) is 0 Å². The van der Waals surface area contributed by atoms with Crippen LogP contribution in [0.2, 0.25) is 0 Å². The molecule has 2 aromatic rings. The molecule has 0 spiro atoms. The van der Waals surface area contributed by atoms with E-state index in [0.29, 0.717) is 18.8 Å². The highest BCUT2D eigenvalue weighted by Gasteiger charge is 2.24. The highest BCUT2D eigenvalue weighted by atomic mass is 32.2. The Balaban J connectivity index is 1.54. The van der Waals surface area contributed by atoms with Gasteiger partial charge in [0.2, 0.25) is 26.0 Å². The number of piperidine rings is 1. The number of nitrogens with one attached hydrogen (secondary N) is 2. The molecular formula is C23H29N3O5S2. The third-order valence-electron chi connectivity index (χ3n) is 5.36. The molecule has 1 fully saturated rings. The Bertz CT molecular complexity index is 1210. The molecule has 2 aromatic carbocycles. The molecule has 1 aliphatic rings. The minimum absolute atomic E-state index is 0.0395. The van der Waals surface area contributed by atoms with Gasteiger partial charge in [-0.2, -0.15) is 0 Å². The molecule has 10 heteroatoms. The predicted molar refractivity (Wildman–Crippen MR) is 130 cm³/mol. The molecule has 1 heterocycles. The molecule has 1 aliphatic heterocycles. The monoisotopic (exact) mass is 491 g/mol. The van der Waals surface area contributed by atoms with Gasteiger partial charge in [0.05, 0.1) is 11.2 Å². The number of nitrogens with zero attached hydrogens (tertiary/aromatic N) is 1. The number of hydrogen-bond acceptors (Lipinski definition) is 5. The van der Waals surface area contributed by atoms with Crippen molar-refractivity contribution in [2.45, 2.75) is 24.7 Å². The average Bonchev–Trinajstić information content (AvgIpc) is 2.76. The van der Waals surface area contributed by atoms with E-state index >= 15 is 0 Å². The summed E-state index contributed by atoms with van der Waals surface area (Å²) in [6.07, 6.45) is 5.90. The van der Waals surface area contributed by atoms with Gasteiger partial charge in [0.1, 0.15) is 0 Å². The quantitative estimate of drug-likeness (QED) is 0.551. The Labute approximate surface area is 195 Å². The van der Waals surface area contributed by atoms with Crippen LogP contribution in [0.1, 0.15) is 24.0 Å². The van der Waals surface area contributed by atoms with E-state index in [1.165, 1.54) is 6.08 Å². The third-order valence-corrected chi connectivity index (χ3v) is 7.40. The summed E-state index contributed by atoms with van der Waals surface area (Å²) in [4.78, 5) is 14.6. The van der Waals surface area contributed by atoms with Crippen molar-refractivity contribution in [1.29, 1.82) is 0 Å². The van der Waals surface area contributed by atoms with Crippen LogP contribution >= 0.6 is 0 Å². The van der Waals surface area contributed by atoms with Gasteiger partial charge < -0.3 is 4.90 Å². The molecular weight excluding hydrogens is 462 g/mol. The number of aryl methyl sites for hydroxylation is 1. The second-order valence-electron chi connectivity index (χ2n) is 8.29. The number of rotatable bonds is 8. The molecule has 8 nitrogen and oxygen atoms in total. The van der Waals surface area contributed by atoms with Crippen molar-refractivity contribution in [2.24, 2.45) is 5.92 Å². The molecule has 33 heavy (non-hydrogen) atoms. The van der Waals surface area contributed by atoms with Crippen LogP contribution in [0.5, 0.6) is 0 Å². The largest absolute Gasteiger partial charge is 0.339 e. The molecule has 0 aliphatic carbocycles. The second-order valence-corrected chi connectivity index (χ2v) is 11.8. The first kappa shape index (κ1) is 24.9. The van der Waals surface area contributed by atoms with Crippen LogP contribution in [0.4, 0.5) is 5.69 Å². The van der Waals surface area contributed by atoms with Crippen molar-refractivity contribution < 1.29 is 21.6 Å². The van der Waals surface area contributed by atoms with E-state index in [9.17, 15) is 21.6 Å². The fourth-order valence-corrected chi connectivity index (χ4v) is 5.29. The van der Waals surface area contributed by atoms with Crippen molar-refractivity contribution >= 4 is 37.7 Å². The van der Waals surface area contributed by atoms with Crippen LogP contribution in [0.25, 0.3) is 6.08 Å². The van der Waals surface area contributed by atoms with Crippen LogP contribution in [0.15, 0.2) is 59.5 Å². The summed E-state index contributed by atoms with van der Waals surface area (Å²) in [5, 5.41) is 0. The summed E-state index contributed by atoms with van der Waals surface area (Å²) in [5.41, 5.74) is 2.21. The van der Waals surface area contributed by atoms with E-state index in [1.54, 1.807) is 59.5 Å². The normalized spacial score (nSPS) is 17.3. The average molecular weight is 492 g/mol. The van der Waals surface area contributed by atoms with E-state index < -0.39 is 20.0 Å². The summed E-state index contributed by atoms with van der Waals surface area (Å²) in [6, 6.07) is 13.4. The number of carbonyl (C=O) groups excluding carboxylic acids is 1. The van der Waals surface area contributed by atoms with Crippen molar-refractivity contribution in [3.63, 3.8) is 0 Å². The molecule has 0 unspecified atom stereocenters. The van der Waals surface area contributed by atoms with Gasteiger partial charge in [-0.25, -0.2) is 21.6 Å². The third kappa shape index (κ3) is 7.69. The molecule has 1 amide bonds. The van der Waals surface area contributed by atoms with E-state index in [1.807, 2.05) is 6.92 Å². The number of anilines is 1. The molecule has 0 saturated carbocycles. The summed E-state index contributed by atoms with van der Waals surface area (Å²) in [6.45, 7) is 3.29. The molecule has 0 aromatic heterocycles. The molecule has 0 radical (unpaired) electrons. The SMILES string of the molecule is Cc1ccc(S(=O)(=O)NC[C@@H]2CCCN(C(=O)/C=C/c3ccc(NS(C)(=O)=O)cc3)C2)cc1. The standard InChI is InChI=1S/C23H29N3O5S2/c1-18-5-12-22(13-6-18)33(30,31)24-16-20-4-3-15-26(17-20)23(27)14-9-19-7-10-21(11-8-19)25-32(2,28)29/h5-14,20,24-25H,3-4,15-17H2,1-2H3/b14-9+/t20-/m0/s1. The zero-order valence-electron chi connectivity index (χ0n) is 18.7. The van der Waals surface area contributed by atoms with E-state index in [4.69, 9.17) is 0 Å². The van der Waals surface area contributed by atoms with Crippen LogP contribution in [0.3, 0.4) is 0 Å². The van der Waals surface area contributed by atoms with E-state index in [-0.39, 0.29) is 23.3 Å². The van der Waals surface area contributed by atoms with Gasteiger partial charge in [-0.3, -0.25) is 9.52 Å². The Hall–Kier alpha value is -2.69. The summed E-state index contributed by atoms with van der Waals surface area (Å²) >= 11 is 0. The number of hydrogen-bond donors (Lipinski definition) is 2. The van der Waals surface area contributed by atoms with Crippen molar-refractivity contribution in [1.82, 2.24) is 9.62 Å². The van der Waals surface area contributed by atoms with Crippen LogP contribution in [-0.4, -0.2) is 53.5 Å². The van der Waals surface area contributed by atoms with E-state index in [2.05, 4.69) is 9.44 Å². The molecule has 0 bridgehead atoms. The fourth-order valence-electron chi connectivity index (χ4n) is 3.61. The summed E-state index contributed by atoms with van der Waals surface area (Å²) in [5.74, 6) is -0.0999. The number of benzene rings is 2. The smallest absolute Gasteiger partial charge is 0.246 e. The number of amides is 1. The van der Waals surface area contributed by atoms with Crippen LogP contribution < -0.4 is 9.44 Å². The zero-order valence-corrected chi connectivity index (χ0v) is 20.3. The second kappa shape index (κ2) is 10.5.